The highest BCUT2D eigenvalue weighted by Crippen LogP contribution is 2.52. The lowest BCUT2D eigenvalue weighted by Crippen LogP contribution is -2.50. The zero-order valence-corrected chi connectivity index (χ0v) is 8.41. The van der Waals surface area contributed by atoms with E-state index in [-0.39, 0.29) is 5.48 Å². The zero-order chi connectivity index (χ0) is 14.4. The van der Waals surface area contributed by atoms with Gasteiger partial charge in [0.25, 0.3) is 5.56 Å². The molecule has 0 fully saturated rings. The van der Waals surface area contributed by atoms with Crippen molar-refractivity contribution in [3.8, 4) is 0 Å². The second kappa shape index (κ2) is 4.64. The Hall–Kier alpha value is -1.92. The van der Waals surface area contributed by atoms with Gasteiger partial charge < -0.3 is 5.48 Å². The van der Waals surface area contributed by atoms with Gasteiger partial charge >= 0.3 is 18.0 Å². The first-order chi connectivity index (χ1) is 7.96. The van der Waals surface area contributed by atoms with Crippen LogP contribution in [0.1, 0.15) is 5.69 Å². The highest BCUT2D eigenvalue weighted by atomic mass is 19.4. The number of halogens is 7. The van der Waals surface area contributed by atoms with Gasteiger partial charge in [-0.25, -0.2) is 0 Å². The predicted octanol–water partition coefficient (Wildman–Crippen LogP) is 1.57. The van der Waals surface area contributed by atoms with Crippen LogP contribution in [0.3, 0.4) is 0 Å². The van der Waals surface area contributed by atoms with E-state index < -0.39 is 35.0 Å². The van der Waals surface area contributed by atoms with E-state index in [1.807, 2.05) is 0 Å². The highest BCUT2D eigenvalue weighted by Gasteiger charge is 2.75. The summed E-state index contributed by atoms with van der Waals surface area (Å²) in [5.74, 6) is -12.3. The summed E-state index contributed by atoms with van der Waals surface area (Å²) in [4.78, 5) is 20.6. The van der Waals surface area contributed by atoms with Gasteiger partial charge in [-0.3, -0.25) is 15.0 Å². The number of H-pyrrole nitrogens is 2. The molecule has 0 saturated carbocycles. The van der Waals surface area contributed by atoms with Crippen molar-refractivity contribution in [2.24, 2.45) is 5.18 Å². The molecule has 0 aromatic carbocycles. The molecule has 0 atom stereocenters. The first-order valence-electron chi connectivity index (χ1n) is 3.93. The van der Waals surface area contributed by atoms with Gasteiger partial charge in [-0.2, -0.15) is 30.7 Å². The highest BCUT2D eigenvalue weighted by molar-refractivity contribution is 5.42. The molecule has 0 aliphatic heterocycles. The molecule has 0 aliphatic rings. The lowest BCUT2D eigenvalue weighted by molar-refractivity contribution is -0.360. The van der Waals surface area contributed by atoms with Gasteiger partial charge in [0.15, 0.2) is 0 Å². The SMILES string of the molecule is O.O=Nc1c(C(F)(F)C(F)(F)C(F)(F)F)[nH][nH]c1=O. The Kier molecular flexibility index (Phi) is 4.17. The summed E-state index contributed by atoms with van der Waals surface area (Å²) >= 11 is 0. The molecule has 1 heterocycles. The summed E-state index contributed by atoms with van der Waals surface area (Å²) in [6, 6.07) is 0. The van der Waals surface area contributed by atoms with Gasteiger partial charge in [-0.1, -0.05) is 0 Å². The van der Waals surface area contributed by atoms with Crippen LogP contribution < -0.4 is 5.56 Å². The molecule has 0 amide bonds. The van der Waals surface area contributed by atoms with Crippen LogP contribution >= 0.6 is 0 Å². The number of nitrogens with zero attached hydrogens (tertiary/aromatic N) is 1. The molecule has 6 nitrogen and oxygen atoms in total. The Bertz CT molecular complexity index is 517. The Balaban J connectivity index is 0.00000324. The van der Waals surface area contributed by atoms with Crippen LogP contribution in [0.4, 0.5) is 36.4 Å². The summed E-state index contributed by atoms with van der Waals surface area (Å²) in [5, 5.41) is 4.03. The number of hydrogen-bond donors (Lipinski definition) is 2. The lowest BCUT2D eigenvalue weighted by Gasteiger charge is -2.27. The van der Waals surface area contributed by atoms with Gasteiger partial charge in [0.05, 0.1) is 0 Å². The minimum Gasteiger partial charge on any atom is -0.412 e. The fourth-order valence-corrected chi connectivity index (χ4v) is 1.00. The van der Waals surface area contributed by atoms with Crippen LogP contribution in [0, 0.1) is 4.91 Å². The smallest absolute Gasteiger partial charge is 0.412 e. The van der Waals surface area contributed by atoms with Crippen molar-refractivity contribution in [1.82, 2.24) is 10.2 Å². The molecule has 0 spiro atoms. The summed E-state index contributed by atoms with van der Waals surface area (Å²) in [6.07, 6.45) is -6.58. The third-order valence-corrected chi connectivity index (χ3v) is 1.91. The van der Waals surface area contributed by atoms with Crippen molar-refractivity contribution in [2.45, 2.75) is 18.0 Å². The van der Waals surface area contributed by atoms with Crippen molar-refractivity contribution < 1.29 is 36.2 Å². The van der Waals surface area contributed by atoms with E-state index in [1.165, 1.54) is 5.10 Å². The lowest BCUT2D eigenvalue weighted by atomic mass is 10.1. The molecule has 4 N–H and O–H groups in total. The number of aromatic amines is 2. The third-order valence-electron chi connectivity index (χ3n) is 1.91. The third kappa shape index (κ3) is 2.32. The molecular formula is C6H4F7N3O3. The maximum atomic E-state index is 13.0. The maximum absolute atomic E-state index is 13.0. The number of hydrogen-bond acceptors (Lipinski definition) is 3. The van der Waals surface area contributed by atoms with Crippen LogP contribution in [-0.2, 0) is 5.92 Å². The summed E-state index contributed by atoms with van der Waals surface area (Å²) in [7, 11) is 0. The molecule has 0 bridgehead atoms. The standard InChI is InChI=1S/C6H2F7N3O2.H2O/c7-4(8,5(9,10)6(11,12)13)2-1(16-18)3(17)15-14-2;/h(H2,14,15,17);1H2. The monoisotopic (exact) mass is 299 g/mol. The van der Waals surface area contributed by atoms with Gasteiger partial charge in [-0.05, 0) is 5.18 Å². The first kappa shape index (κ1) is 17.1. The second-order valence-electron chi connectivity index (χ2n) is 3.04. The van der Waals surface area contributed by atoms with E-state index in [0.29, 0.717) is 0 Å². The van der Waals surface area contributed by atoms with E-state index in [4.69, 9.17) is 0 Å². The van der Waals surface area contributed by atoms with Crippen LogP contribution in [0.15, 0.2) is 9.97 Å². The van der Waals surface area contributed by atoms with E-state index in [0.717, 1.165) is 5.10 Å². The molecule has 110 valence electrons. The van der Waals surface area contributed by atoms with Crippen molar-refractivity contribution in [3.05, 3.63) is 21.0 Å². The van der Waals surface area contributed by atoms with E-state index in [1.54, 1.807) is 5.18 Å². The number of nitrogens with one attached hydrogen (secondary N) is 2. The largest absolute Gasteiger partial charge is 0.460 e. The van der Waals surface area contributed by atoms with E-state index >= 15 is 0 Å². The molecule has 1 rings (SSSR count). The Morgan fingerprint density at radius 2 is 1.42 bits per heavy atom. The average Bonchev–Trinajstić information content (AvgIpc) is 2.57. The van der Waals surface area contributed by atoms with Crippen molar-refractivity contribution in [1.29, 1.82) is 0 Å². The van der Waals surface area contributed by atoms with Crippen LogP contribution in [0.25, 0.3) is 0 Å². The van der Waals surface area contributed by atoms with E-state index in [9.17, 15) is 40.4 Å². The molecule has 1 aromatic heterocycles. The van der Waals surface area contributed by atoms with Gasteiger partial charge in [0, 0.05) is 0 Å². The molecule has 1 aromatic rings. The van der Waals surface area contributed by atoms with Gasteiger partial charge in [0.1, 0.15) is 5.69 Å². The Morgan fingerprint density at radius 3 is 1.79 bits per heavy atom. The van der Waals surface area contributed by atoms with Crippen LogP contribution in [0.5, 0.6) is 0 Å². The molecule has 0 radical (unpaired) electrons. The quantitative estimate of drug-likeness (QED) is 0.652. The first-order valence-corrected chi connectivity index (χ1v) is 3.93. The summed E-state index contributed by atoms with van der Waals surface area (Å²) < 4.78 is 86.6. The topological polar surface area (TPSA) is 110 Å². The second-order valence-corrected chi connectivity index (χ2v) is 3.04. The fraction of sp³-hybridized carbons (Fsp3) is 0.500. The van der Waals surface area contributed by atoms with Crippen LogP contribution in [-0.4, -0.2) is 27.8 Å². The number of aromatic nitrogens is 2. The summed E-state index contributed by atoms with van der Waals surface area (Å²) in [6.45, 7) is 0. The fourth-order valence-electron chi connectivity index (χ4n) is 1.00. The Morgan fingerprint density at radius 1 is 0.947 bits per heavy atom. The molecule has 13 heteroatoms. The van der Waals surface area contributed by atoms with Crippen molar-refractivity contribution in [2.75, 3.05) is 0 Å². The van der Waals surface area contributed by atoms with Gasteiger partial charge in [-0.15, -0.1) is 4.91 Å². The van der Waals surface area contributed by atoms with Gasteiger partial charge in [0.2, 0.25) is 5.69 Å². The maximum Gasteiger partial charge on any atom is 0.460 e. The van der Waals surface area contributed by atoms with Crippen molar-refractivity contribution in [3.63, 3.8) is 0 Å². The molecule has 19 heavy (non-hydrogen) atoms. The number of alkyl halides is 7. The molecule has 0 unspecified atom stereocenters. The van der Waals surface area contributed by atoms with E-state index in [2.05, 4.69) is 0 Å². The molecular weight excluding hydrogens is 295 g/mol. The minimum absolute atomic E-state index is 0. The summed E-state index contributed by atoms with van der Waals surface area (Å²) in [5.41, 5.74) is -5.65. The van der Waals surface area contributed by atoms with Crippen molar-refractivity contribution >= 4 is 5.69 Å². The average molecular weight is 299 g/mol. The molecule has 0 saturated heterocycles. The normalized spacial score (nSPS) is 13.0. The Labute approximate surface area is 97.4 Å². The van der Waals surface area contributed by atoms with Crippen LogP contribution in [0.2, 0.25) is 0 Å². The number of rotatable bonds is 3. The predicted molar refractivity (Wildman–Crippen MR) is 45.4 cm³/mol. The molecule has 0 aliphatic carbocycles. The number of nitroso groups, excluding NO2 is 1. The minimum atomic E-state index is -6.58. The zero-order valence-electron chi connectivity index (χ0n) is 8.41.